The van der Waals surface area contributed by atoms with Gasteiger partial charge in [-0.2, -0.15) is 5.21 Å². The van der Waals surface area contributed by atoms with E-state index in [4.69, 9.17) is 0 Å². The van der Waals surface area contributed by atoms with Crippen molar-refractivity contribution >= 4 is 11.5 Å². The lowest BCUT2D eigenvalue weighted by Gasteiger charge is -2.34. The van der Waals surface area contributed by atoms with Gasteiger partial charge in [-0.3, -0.25) is 4.79 Å². The normalized spacial score (nSPS) is 17.7. The largest absolute Gasteiger partial charge is 0.369 e. The molecule has 3 rings (SSSR count). The highest BCUT2D eigenvalue weighted by atomic mass is 16.1. The zero-order chi connectivity index (χ0) is 19.2. The van der Waals surface area contributed by atoms with Crippen LogP contribution in [-0.2, 0) is 11.2 Å². The van der Waals surface area contributed by atoms with Crippen molar-refractivity contribution in [1.82, 2.24) is 25.5 Å². The van der Waals surface area contributed by atoms with Crippen molar-refractivity contribution in [3.63, 3.8) is 0 Å². The van der Waals surface area contributed by atoms with E-state index >= 15 is 0 Å². The average Bonchev–Trinajstić information content (AvgIpc) is 3.20. The lowest BCUT2D eigenvalue weighted by atomic mass is 9.81. The first-order valence-corrected chi connectivity index (χ1v) is 9.84. The topological polar surface area (TPSA) is 78.0 Å². The molecular weight excluding hydrogens is 340 g/mol. The Morgan fingerprint density at radius 2 is 1.89 bits per heavy atom. The fourth-order valence-corrected chi connectivity index (χ4v) is 3.90. The molecular formula is C20H30N6O. The molecule has 2 atom stereocenters. The van der Waals surface area contributed by atoms with Crippen LogP contribution in [0.3, 0.4) is 0 Å². The highest BCUT2D eigenvalue weighted by Crippen LogP contribution is 2.31. The molecule has 1 aromatic carbocycles. The van der Waals surface area contributed by atoms with Crippen LogP contribution < -0.4 is 4.90 Å². The summed E-state index contributed by atoms with van der Waals surface area (Å²) in [4.78, 5) is 17.0. The zero-order valence-corrected chi connectivity index (χ0v) is 16.6. The molecule has 0 aliphatic carbocycles. The summed E-state index contributed by atoms with van der Waals surface area (Å²) in [5.74, 6) is 0.702. The maximum Gasteiger partial charge on any atom is 0.178 e. The molecule has 7 heteroatoms. The molecule has 0 unspecified atom stereocenters. The van der Waals surface area contributed by atoms with Gasteiger partial charge in [0.1, 0.15) is 5.78 Å². The number of H-pyrrole nitrogens is 1. The second-order valence-corrected chi connectivity index (χ2v) is 7.54. The Labute approximate surface area is 161 Å². The van der Waals surface area contributed by atoms with Gasteiger partial charge >= 0.3 is 0 Å². The monoisotopic (exact) mass is 370 g/mol. The number of rotatable bonds is 8. The predicted molar refractivity (Wildman–Crippen MR) is 106 cm³/mol. The van der Waals surface area contributed by atoms with Crippen molar-refractivity contribution in [3.05, 3.63) is 35.7 Å². The van der Waals surface area contributed by atoms with Gasteiger partial charge in [-0.25, -0.2) is 0 Å². The standard InChI is InChI=1S/C20H30N6O/c1-4-5-18(15(2)27)19(20-21-23-24-22-20)14-16-6-8-17(9-7-16)26-12-10-25(3)11-13-26/h6-9,18-19H,4-5,10-14H2,1-3H3,(H,21,22,23,24)/t18-,19+/m1/s1. The number of hydrogen-bond acceptors (Lipinski definition) is 6. The molecule has 1 aromatic heterocycles. The first-order chi connectivity index (χ1) is 13.1. The summed E-state index contributed by atoms with van der Waals surface area (Å²) in [6.45, 7) is 8.09. The van der Waals surface area contributed by atoms with Crippen LogP contribution in [0.2, 0.25) is 0 Å². The van der Waals surface area contributed by atoms with Crippen LogP contribution >= 0.6 is 0 Å². The number of anilines is 1. The Morgan fingerprint density at radius 3 is 2.44 bits per heavy atom. The van der Waals surface area contributed by atoms with Crippen LogP contribution in [-0.4, -0.2) is 64.5 Å². The van der Waals surface area contributed by atoms with Crippen molar-refractivity contribution in [2.24, 2.45) is 5.92 Å². The molecule has 0 radical (unpaired) electrons. The van der Waals surface area contributed by atoms with Crippen LogP contribution in [0.1, 0.15) is 44.0 Å². The highest BCUT2D eigenvalue weighted by molar-refractivity contribution is 5.79. The molecule has 1 N–H and O–H groups in total. The van der Waals surface area contributed by atoms with E-state index in [1.165, 1.54) is 11.3 Å². The number of aromatic amines is 1. The van der Waals surface area contributed by atoms with E-state index in [0.717, 1.165) is 45.4 Å². The number of aromatic nitrogens is 4. The molecule has 1 aliphatic heterocycles. The minimum Gasteiger partial charge on any atom is -0.369 e. The summed E-state index contributed by atoms with van der Waals surface area (Å²) < 4.78 is 0. The first kappa shape index (κ1) is 19.5. The number of Topliss-reactive ketones (excluding diaryl/α,β-unsaturated/α-hetero) is 1. The Kier molecular flexibility index (Phi) is 6.55. The quantitative estimate of drug-likeness (QED) is 0.768. The molecule has 1 fully saturated rings. The van der Waals surface area contributed by atoms with Crippen molar-refractivity contribution < 1.29 is 4.79 Å². The lowest BCUT2D eigenvalue weighted by Crippen LogP contribution is -2.44. The van der Waals surface area contributed by atoms with E-state index in [9.17, 15) is 4.79 Å². The number of benzene rings is 1. The number of nitrogens with zero attached hydrogens (tertiary/aromatic N) is 5. The molecule has 0 amide bonds. The van der Waals surface area contributed by atoms with Gasteiger partial charge in [0.25, 0.3) is 0 Å². The van der Waals surface area contributed by atoms with E-state index in [0.29, 0.717) is 5.82 Å². The number of nitrogens with one attached hydrogen (secondary N) is 1. The Hall–Kier alpha value is -2.28. The lowest BCUT2D eigenvalue weighted by molar-refractivity contribution is -0.121. The van der Waals surface area contributed by atoms with Crippen molar-refractivity contribution in [2.75, 3.05) is 38.1 Å². The number of ketones is 1. The van der Waals surface area contributed by atoms with Crippen molar-refractivity contribution in [1.29, 1.82) is 0 Å². The maximum absolute atomic E-state index is 12.3. The molecule has 2 heterocycles. The Morgan fingerprint density at radius 1 is 1.19 bits per heavy atom. The zero-order valence-electron chi connectivity index (χ0n) is 16.6. The molecule has 1 aliphatic rings. The van der Waals surface area contributed by atoms with Gasteiger partial charge in [0.2, 0.25) is 0 Å². The Bertz CT molecular complexity index is 707. The van der Waals surface area contributed by atoms with Gasteiger partial charge < -0.3 is 9.80 Å². The molecule has 7 nitrogen and oxygen atoms in total. The fourth-order valence-electron chi connectivity index (χ4n) is 3.90. The van der Waals surface area contributed by atoms with Crippen molar-refractivity contribution in [2.45, 2.75) is 39.0 Å². The molecule has 0 bridgehead atoms. The summed E-state index contributed by atoms with van der Waals surface area (Å²) in [7, 11) is 2.17. The van der Waals surface area contributed by atoms with Gasteiger partial charge in [0, 0.05) is 43.7 Å². The number of carbonyl (C=O) groups excluding carboxylic acids is 1. The van der Waals surface area contributed by atoms with E-state index in [1.54, 1.807) is 6.92 Å². The Balaban J connectivity index is 1.74. The third-order valence-corrected chi connectivity index (χ3v) is 5.56. The van der Waals surface area contributed by atoms with Crippen molar-refractivity contribution in [3.8, 4) is 0 Å². The van der Waals surface area contributed by atoms with Gasteiger partial charge in [-0.15, -0.1) is 10.2 Å². The summed E-state index contributed by atoms with van der Waals surface area (Å²) in [5, 5.41) is 14.6. The van der Waals surface area contributed by atoms with Gasteiger partial charge in [-0.1, -0.05) is 30.7 Å². The van der Waals surface area contributed by atoms with E-state index in [-0.39, 0.29) is 17.6 Å². The average molecular weight is 371 g/mol. The van der Waals surface area contributed by atoms with Gasteiger partial charge in [0.15, 0.2) is 5.82 Å². The fraction of sp³-hybridized carbons (Fsp3) is 0.600. The molecule has 1 saturated heterocycles. The number of likely N-dealkylation sites (N-methyl/N-ethyl adjacent to an activating group) is 1. The minimum absolute atomic E-state index is 0.0457. The molecule has 0 spiro atoms. The van der Waals surface area contributed by atoms with Crippen LogP contribution in [0.5, 0.6) is 0 Å². The molecule has 27 heavy (non-hydrogen) atoms. The summed E-state index contributed by atoms with van der Waals surface area (Å²) in [6.07, 6.45) is 2.54. The molecule has 0 saturated carbocycles. The van der Waals surface area contributed by atoms with Crippen LogP contribution in [0.4, 0.5) is 5.69 Å². The van der Waals surface area contributed by atoms with Crippen LogP contribution in [0, 0.1) is 5.92 Å². The van der Waals surface area contributed by atoms with Crippen LogP contribution in [0.25, 0.3) is 0 Å². The SMILES string of the molecule is CCC[C@H](C(C)=O)[C@H](Cc1ccc(N2CCN(C)CC2)cc1)c1nn[nH]n1. The first-order valence-electron chi connectivity index (χ1n) is 9.84. The summed E-state index contributed by atoms with van der Waals surface area (Å²) in [6, 6.07) is 8.72. The van der Waals surface area contributed by atoms with E-state index < -0.39 is 0 Å². The minimum atomic E-state index is -0.0788. The van der Waals surface area contributed by atoms with E-state index in [2.05, 4.69) is 68.7 Å². The number of hydrogen-bond donors (Lipinski definition) is 1. The summed E-state index contributed by atoms with van der Waals surface area (Å²) in [5.41, 5.74) is 2.46. The second kappa shape index (κ2) is 9.08. The number of carbonyl (C=O) groups is 1. The molecule has 2 aromatic rings. The van der Waals surface area contributed by atoms with E-state index in [1.807, 2.05) is 0 Å². The predicted octanol–water partition coefficient (Wildman–Crippen LogP) is 2.28. The van der Waals surface area contributed by atoms with Gasteiger partial charge in [-0.05, 0) is 44.5 Å². The molecule has 146 valence electrons. The smallest absolute Gasteiger partial charge is 0.178 e. The number of piperazine rings is 1. The maximum atomic E-state index is 12.3. The summed E-state index contributed by atoms with van der Waals surface area (Å²) >= 11 is 0. The third kappa shape index (κ3) is 4.91. The number of tetrazole rings is 1. The highest BCUT2D eigenvalue weighted by Gasteiger charge is 2.29. The van der Waals surface area contributed by atoms with Gasteiger partial charge in [0.05, 0.1) is 0 Å². The second-order valence-electron chi connectivity index (χ2n) is 7.54. The van der Waals surface area contributed by atoms with Crippen LogP contribution in [0.15, 0.2) is 24.3 Å². The third-order valence-electron chi connectivity index (χ3n) is 5.56.